The summed E-state index contributed by atoms with van der Waals surface area (Å²) >= 11 is 9.34. The van der Waals surface area contributed by atoms with E-state index < -0.39 is 0 Å². The Balaban J connectivity index is 1.97. The number of nitrogens with zero attached hydrogens (tertiary/aromatic N) is 2. The van der Waals surface area contributed by atoms with Crippen LogP contribution >= 0.6 is 27.5 Å². The van der Waals surface area contributed by atoms with Crippen molar-refractivity contribution in [2.45, 2.75) is 19.9 Å². The van der Waals surface area contributed by atoms with Crippen LogP contribution in [0.3, 0.4) is 0 Å². The van der Waals surface area contributed by atoms with E-state index in [1.54, 1.807) is 6.07 Å². The van der Waals surface area contributed by atoms with Gasteiger partial charge in [-0.3, -0.25) is 0 Å². The Morgan fingerprint density at radius 2 is 2.21 bits per heavy atom. The molecule has 0 aliphatic rings. The molecule has 0 atom stereocenters. The van der Waals surface area contributed by atoms with E-state index in [1.807, 2.05) is 12.1 Å². The summed E-state index contributed by atoms with van der Waals surface area (Å²) in [5.41, 5.74) is 0.796. The molecule has 1 heterocycles. The highest BCUT2D eigenvalue weighted by atomic mass is 79.9. The van der Waals surface area contributed by atoms with Crippen LogP contribution in [0.15, 0.2) is 27.1 Å². The minimum Gasteiger partial charge on any atom is -0.406 e. The smallest absolute Gasteiger partial charge is 0.320 e. The fraction of sp³-hybridized carbons (Fsp3) is 0.333. The lowest BCUT2D eigenvalue weighted by molar-refractivity contribution is 0.479. The fourth-order valence-electron chi connectivity index (χ4n) is 1.45. The van der Waals surface area contributed by atoms with Gasteiger partial charge in [0.2, 0.25) is 5.89 Å². The van der Waals surface area contributed by atoms with Crippen LogP contribution < -0.4 is 10.6 Å². The monoisotopic (exact) mass is 344 g/mol. The van der Waals surface area contributed by atoms with E-state index in [-0.39, 0.29) is 0 Å². The van der Waals surface area contributed by atoms with Crippen molar-refractivity contribution in [1.29, 1.82) is 0 Å². The molecule has 0 aliphatic heterocycles. The molecule has 0 bridgehead atoms. The SMILES string of the molecule is CCCNCc1nnc(Nc2ccc(Br)c(Cl)c2)o1. The Bertz CT molecular complexity index is 546. The molecular formula is C12H14BrClN4O. The molecular weight excluding hydrogens is 332 g/mol. The minimum absolute atomic E-state index is 0.353. The van der Waals surface area contributed by atoms with Gasteiger partial charge in [0.15, 0.2) is 0 Å². The number of rotatable bonds is 6. The van der Waals surface area contributed by atoms with Crippen LogP contribution in [0.5, 0.6) is 0 Å². The van der Waals surface area contributed by atoms with Gasteiger partial charge < -0.3 is 15.1 Å². The minimum atomic E-state index is 0.353. The van der Waals surface area contributed by atoms with Gasteiger partial charge in [0, 0.05) is 10.2 Å². The van der Waals surface area contributed by atoms with Crippen molar-refractivity contribution >= 4 is 39.2 Å². The molecule has 0 saturated carbocycles. The van der Waals surface area contributed by atoms with Gasteiger partial charge in [-0.1, -0.05) is 23.6 Å². The van der Waals surface area contributed by atoms with Crippen LogP contribution in [0.1, 0.15) is 19.2 Å². The molecule has 0 amide bonds. The van der Waals surface area contributed by atoms with Gasteiger partial charge in [-0.15, -0.1) is 5.10 Å². The molecule has 0 radical (unpaired) electrons. The third-order valence-electron chi connectivity index (χ3n) is 2.34. The zero-order chi connectivity index (χ0) is 13.7. The topological polar surface area (TPSA) is 63.0 Å². The van der Waals surface area contributed by atoms with Crippen LogP contribution in [-0.4, -0.2) is 16.7 Å². The lowest BCUT2D eigenvalue weighted by Crippen LogP contribution is -2.13. The second kappa shape index (κ2) is 6.88. The number of hydrogen-bond acceptors (Lipinski definition) is 5. The van der Waals surface area contributed by atoms with Crippen molar-refractivity contribution < 1.29 is 4.42 Å². The van der Waals surface area contributed by atoms with Gasteiger partial charge in [-0.05, 0) is 47.1 Å². The molecule has 102 valence electrons. The van der Waals surface area contributed by atoms with Crippen molar-refractivity contribution in [3.05, 3.63) is 33.6 Å². The third-order valence-corrected chi connectivity index (χ3v) is 3.57. The number of aromatic nitrogens is 2. The van der Waals surface area contributed by atoms with Crippen molar-refractivity contribution in [3.8, 4) is 0 Å². The van der Waals surface area contributed by atoms with Crippen LogP contribution in [0.2, 0.25) is 5.02 Å². The van der Waals surface area contributed by atoms with Crippen LogP contribution in [0.4, 0.5) is 11.7 Å². The molecule has 0 fully saturated rings. The van der Waals surface area contributed by atoms with E-state index in [2.05, 4.69) is 43.7 Å². The highest BCUT2D eigenvalue weighted by molar-refractivity contribution is 9.10. The maximum atomic E-state index is 6.01. The van der Waals surface area contributed by atoms with Crippen LogP contribution in [-0.2, 0) is 6.54 Å². The molecule has 0 unspecified atom stereocenters. The Hall–Kier alpha value is -1.11. The van der Waals surface area contributed by atoms with Crippen LogP contribution in [0, 0.1) is 0 Å². The number of hydrogen-bond donors (Lipinski definition) is 2. The summed E-state index contributed by atoms with van der Waals surface area (Å²) in [6.45, 7) is 3.60. The first-order valence-corrected chi connectivity index (χ1v) is 7.11. The molecule has 1 aromatic heterocycles. The molecule has 2 N–H and O–H groups in total. The zero-order valence-electron chi connectivity index (χ0n) is 10.4. The van der Waals surface area contributed by atoms with Gasteiger partial charge in [-0.25, -0.2) is 0 Å². The third kappa shape index (κ3) is 4.19. The summed E-state index contributed by atoms with van der Waals surface area (Å²) < 4.78 is 6.30. The van der Waals surface area contributed by atoms with E-state index in [9.17, 15) is 0 Å². The Kier molecular flexibility index (Phi) is 5.18. The first-order valence-electron chi connectivity index (χ1n) is 5.94. The summed E-state index contributed by atoms with van der Waals surface area (Å²) in [4.78, 5) is 0. The Morgan fingerprint density at radius 1 is 1.37 bits per heavy atom. The summed E-state index contributed by atoms with van der Waals surface area (Å²) in [6, 6.07) is 5.86. The van der Waals surface area contributed by atoms with Crippen LogP contribution in [0.25, 0.3) is 0 Å². The maximum absolute atomic E-state index is 6.01. The van der Waals surface area contributed by atoms with Crippen molar-refractivity contribution in [2.75, 3.05) is 11.9 Å². The number of halogens is 2. The molecule has 5 nitrogen and oxygen atoms in total. The summed E-state index contributed by atoms with van der Waals surface area (Å²) in [6.07, 6.45) is 1.07. The van der Waals surface area contributed by atoms with E-state index in [1.165, 1.54) is 0 Å². The molecule has 0 aliphatic carbocycles. The Labute approximate surface area is 124 Å². The average molecular weight is 346 g/mol. The predicted molar refractivity (Wildman–Crippen MR) is 78.7 cm³/mol. The highest BCUT2D eigenvalue weighted by Gasteiger charge is 2.06. The largest absolute Gasteiger partial charge is 0.406 e. The molecule has 2 rings (SSSR count). The standard InChI is InChI=1S/C12H14BrClN4O/c1-2-5-15-7-11-17-18-12(19-11)16-8-3-4-9(13)10(14)6-8/h3-4,6,15H,2,5,7H2,1H3,(H,16,18). The summed E-state index contributed by atoms with van der Waals surface area (Å²) in [5.74, 6) is 0.555. The normalized spacial score (nSPS) is 10.7. The van der Waals surface area contributed by atoms with Gasteiger partial charge in [0.1, 0.15) is 0 Å². The zero-order valence-corrected chi connectivity index (χ0v) is 12.8. The molecule has 7 heteroatoms. The first kappa shape index (κ1) is 14.3. The van der Waals surface area contributed by atoms with E-state index in [0.717, 1.165) is 23.1 Å². The number of nitrogens with one attached hydrogen (secondary N) is 2. The van der Waals surface area contributed by atoms with Crippen molar-refractivity contribution in [3.63, 3.8) is 0 Å². The van der Waals surface area contributed by atoms with E-state index in [0.29, 0.717) is 23.5 Å². The maximum Gasteiger partial charge on any atom is 0.320 e. The lowest BCUT2D eigenvalue weighted by Gasteiger charge is -2.02. The van der Waals surface area contributed by atoms with E-state index in [4.69, 9.17) is 16.0 Å². The quantitative estimate of drug-likeness (QED) is 0.781. The molecule has 1 aromatic carbocycles. The fourth-order valence-corrected chi connectivity index (χ4v) is 1.87. The number of benzene rings is 1. The average Bonchev–Trinajstić information content (AvgIpc) is 2.82. The first-order chi connectivity index (χ1) is 9.19. The summed E-state index contributed by atoms with van der Waals surface area (Å²) in [7, 11) is 0. The number of anilines is 2. The molecule has 0 saturated heterocycles. The molecule has 19 heavy (non-hydrogen) atoms. The second-order valence-electron chi connectivity index (χ2n) is 3.93. The molecule has 2 aromatic rings. The lowest BCUT2D eigenvalue weighted by atomic mass is 10.3. The van der Waals surface area contributed by atoms with E-state index >= 15 is 0 Å². The Morgan fingerprint density at radius 3 is 2.95 bits per heavy atom. The van der Waals surface area contributed by atoms with Gasteiger partial charge in [0.25, 0.3) is 0 Å². The molecule has 0 spiro atoms. The summed E-state index contributed by atoms with van der Waals surface area (Å²) in [5, 5.41) is 14.7. The van der Waals surface area contributed by atoms with Crippen molar-refractivity contribution in [2.24, 2.45) is 0 Å². The van der Waals surface area contributed by atoms with Gasteiger partial charge in [-0.2, -0.15) is 0 Å². The second-order valence-corrected chi connectivity index (χ2v) is 5.19. The van der Waals surface area contributed by atoms with Gasteiger partial charge >= 0.3 is 6.01 Å². The van der Waals surface area contributed by atoms with Gasteiger partial charge in [0.05, 0.1) is 11.6 Å². The van der Waals surface area contributed by atoms with Crippen molar-refractivity contribution in [1.82, 2.24) is 15.5 Å². The predicted octanol–water partition coefficient (Wildman–Crippen LogP) is 3.73. The highest BCUT2D eigenvalue weighted by Crippen LogP contribution is 2.26.